The maximum absolute atomic E-state index is 10.8. The predicted molar refractivity (Wildman–Crippen MR) is 91.4 cm³/mol. The Bertz CT molecular complexity index is 680. The monoisotopic (exact) mass is 333 g/mol. The summed E-state index contributed by atoms with van der Waals surface area (Å²) < 4.78 is 0. The van der Waals surface area contributed by atoms with Gasteiger partial charge < -0.3 is 14.8 Å². The Morgan fingerprint density at radius 3 is 2.54 bits per heavy atom. The van der Waals surface area contributed by atoms with Gasteiger partial charge in [0, 0.05) is 29.7 Å². The van der Waals surface area contributed by atoms with Crippen molar-refractivity contribution in [3.05, 3.63) is 65.7 Å². The Kier molecular flexibility index (Phi) is 7.00. The topological polar surface area (TPSA) is 43.4 Å². The fourth-order valence-corrected chi connectivity index (χ4v) is 4.60. The molecule has 0 radical (unpaired) electrons. The van der Waals surface area contributed by atoms with Crippen molar-refractivity contribution in [2.45, 2.75) is 10.8 Å². The van der Waals surface area contributed by atoms with Crippen LogP contribution in [0.3, 0.4) is 0 Å². The van der Waals surface area contributed by atoms with Crippen LogP contribution in [0.25, 0.3) is 0 Å². The molecular formula is C19H20LiNO2S. The van der Waals surface area contributed by atoms with Gasteiger partial charge in [0.2, 0.25) is 0 Å². The fourth-order valence-electron chi connectivity index (χ4n) is 3.37. The van der Waals surface area contributed by atoms with Crippen LogP contribution >= 0.6 is 11.8 Å². The van der Waals surface area contributed by atoms with Crippen LogP contribution in [0.4, 0.5) is 0 Å². The molecule has 120 valence electrons. The molecule has 2 aromatic rings. The maximum atomic E-state index is 10.8. The summed E-state index contributed by atoms with van der Waals surface area (Å²) in [4.78, 5) is 14.0. The molecule has 0 bridgehead atoms. The largest absolute Gasteiger partial charge is 1.00 e. The van der Waals surface area contributed by atoms with Gasteiger partial charge in [-0.15, -0.1) is 11.8 Å². The van der Waals surface area contributed by atoms with Crippen molar-refractivity contribution in [3.8, 4) is 0 Å². The summed E-state index contributed by atoms with van der Waals surface area (Å²) >= 11 is 1.87. The summed E-state index contributed by atoms with van der Waals surface area (Å²) in [7, 11) is 1.85. The van der Waals surface area contributed by atoms with E-state index in [2.05, 4.69) is 48.5 Å². The van der Waals surface area contributed by atoms with Gasteiger partial charge >= 0.3 is 18.9 Å². The Hall–Kier alpha value is -1.18. The molecule has 0 saturated carbocycles. The number of carboxylic acids is 1. The van der Waals surface area contributed by atoms with Crippen molar-refractivity contribution in [2.75, 3.05) is 25.9 Å². The van der Waals surface area contributed by atoms with E-state index in [1.165, 1.54) is 16.0 Å². The van der Waals surface area contributed by atoms with E-state index >= 15 is 0 Å². The van der Waals surface area contributed by atoms with E-state index < -0.39 is 5.97 Å². The zero-order valence-corrected chi connectivity index (χ0v) is 15.0. The molecule has 1 aliphatic heterocycles. The van der Waals surface area contributed by atoms with E-state index in [1.807, 2.05) is 29.8 Å². The third-order valence-electron chi connectivity index (χ3n) is 4.28. The normalized spacial score (nSPS) is 19.4. The maximum Gasteiger partial charge on any atom is 1.00 e. The Labute approximate surface area is 159 Å². The van der Waals surface area contributed by atoms with Gasteiger partial charge in [-0.25, -0.2) is 0 Å². The first-order chi connectivity index (χ1) is 11.1. The molecule has 3 nitrogen and oxygen atoms in total. The average molecular weight is 333 g/mol. The third kappa shape index (κ3) is 4.46. The second-order valence-corrected chi connectivity index (χ2v) is 7.13. The Morgan fingerprint density at radius 1 is 1.17 bits per heavy atom. The number of carbonyl (C=O) groups is 1. The minimum Gasteiger partial charge on any atom is -0.549 e. The summed E-state index contributed by atoms with van der Waals surface area (Å²) in [5, 5.41) is 10.8. The molecule has 1 aliphatic rings. The minimum atomic E-state index is -1.02. The number of carboxylic acid groups (broad SMARTS) is 1. The van der Waals surface area contributed by atoms with Gasteiger partial charge in [0.05, 0.1) is 5.97 Å². The van der Waals surface area contributed by atoms with Crippen molar-refractivity contribution in [3.63, 3.8) is 0 Å². The van der Waals surface area contributed by atoms with Gasteiger partial charge in [-0.2, -0.15) is 0 Å². The molecule has 0 spiro atoms. The molecule has 0 saturated heterocycles. The van der Waals surface area contributed by atoms with Gasteiger partial charge in [0.1, 0.15) is 0 Å². The molecule has 2 aromatic carbocycles. The Balaban J connectivity index is 0.00000208. The van der Waals surface area contributed by atoms with Crippen molar-refractivity contribution in [2.24, 2.45) is 5.92 Å². The molecule has 0 aliphatic carbocycles. The minimum absolute atomic E-state index is 0. The number of aliphatic carboxylic acids is 1. The number of hydrogen-bond donors (Lipinski definition) is 0. The SMILES string of the molecule is CN(CC(=O)[O-])C[C@@H]1CSc2ccccc2[C@@H]1c1ccccc1.[Li+]. The standard InChI is InChI=1S/C19H21NO2S.Li/c1-20(12-18(21)22)11-15-13-23-17-10-6-5-9-16(17)19(15)14-7-3-2-4-8-14;/h2-10,15,19H,11-13H2,1H3,(H,21,22);/q;+1/p-1/t15-,19-;/m1./s1. The zero-order valence-electron chi connectivity index (χ0n) is 14.1. The summed E-state index contributed by atoms with van der Waals surface area (Å²) in [6.07, 6.45) is 0. The molecule has 0 fully saturated rings. The number of carbonyl (C=O) groups excluding carboxylic acids is 1. The van der Waals surface area contributed by atoms with Crippen LogP contribution in [0.2, 0.25) is 0 Å². The van der Waals surface area contributed by atoms with E-state index in [4.69, 9.17) is 0 Å². The van der Waals surface area contributed by atoms with E-state index in [9.17, 15) is 9.90 Å². The van der Waals surface area contributed by atoms with Crippen molar-refractivity contribution >= 4 is 17.7 Å². The first-order valence-electron chi connectivity index (χ1n) is 7.80. The molecule has 3 rings (SSSR count). The summed E-state index contributed by atoms with van der Waals surface area (Å²) in [6, 6.07) is 19.1. The first-order valence-corrected chi connectivity index (χ1v) is 8.79. The van der Waals surface area contributed by atoms with Gasteiger partial charge in [-0.3, -0.25) is 0 Å². The molecular weight excluding hydrogens is 313 g/mol. The number of thioether (sulfide) groups is 1. The van der Waals surface area contributed by atoms with Crippen LogP contribution in [0.5, 0.6) is 0 Å². The third-order valence-corrected chi connectivity index (χ3v) is 5.56. The van der Waals surface area contributed by atoms with E-state index in [1.54, 1.807) is 0 Å². The zero-order chi connectivity index (χ0) is 16.2. The second-order valence-electron chi connectivity index (χ2n) is 6.07. The van der Waals surface area contributed by atoms with Gasteiger partial charge in [-0.1, -0.05) is 48.5 Å². The van der Waals surface area contributed by atoms with Crippen molar-refractivity contribution in [1.29, 1.82) is 0 Å². The Morgan fingerprint density at radius 2 is 1.83 bits per heavy atom. The molecule has 2 atom stereocenters. The summed E-state index contributed by atoms with van der Waals surface area (Å²) in [6.45, 7) is 0.721. The summed E-state index contributed by atoms with van der Waals surface area (Å²) in [5.41, 5.74) is 2.65. The quantitative estimate of drug-likeness (QED) is 0.674. The predicted octanol–water partition coefficient (Wildman–Crippen LogP) is -0.774. The summed E-state index contributed by atoms with van der Waals surface area (Å²) in [5.74, 6) is 0.653. The number of benzene rings is 2. The smallest absolute Gasteiger partial charge is 0.549 e. The second kappa shape index (κ2) is 8.78. The molecule has 1 heterocycles. The first kappa shape index (κ1) is 19.1. The van der Waals surface area contributed by atoms with Crippen LogP contribution < -0.4 is 24.0 Å². The van der Waals surface area contributed by atoms with E-state index in [0.717, 1.165) is 12.3 Å². The van der Waals surface area contributed by atoms with Crippen LogP contribution in [0, 0.1) is 5.92 Å². The van der Waals surface area contributed by atoms with Crippen LogP contribution in [0.1, 0.15) is 17.0 Å². The number of rotatable bonds is 5. The molecule has 0 unspecified atom stereocenters. The number of likely N-dealkylation sites (N-methyl/N-ethyl adjacent to an activating group) is 1. The van der Waals surface area contributed by atoms with Crippen LogP contribution in [-0.2, 0) is 4.79 Å². The van der Waals surface area contributed by atoms with Crippen molar-refractivity contribution in [1.82, 2.24) is 4.90 Å². The average Bonchev–Trinajstić information content (AvgIpc) is 2.54. The van der Waals surface area contributed by atoms with Gasteiger partial charge in [0.15, 0.2) is 0 Å². The van der Waals surface area contributed by atoms with Crippen LogP contribution in [0.15, 0.2) is 59.5 Å². The molecule has 5 heteroatoms. The van der Waals surface area contributed by atoms with E-state index in [0.29, 0.717) is 11.8 Å². The fraction of sp³-hybridized carbons (Fsp3) is 0.316. The van der Waals surface area contributed by atoms with Crippen molar-refractivity contribution < 1.29 is 28.8 Å². The molecule has 0 amide bonds. The molecule has 24 heavy (non-hydrogen) atoms. The molecule has 0 aromatic heterocycles. The number of fused-ring (bicyclic) bond motifs is 1. The van der Waals surface area contributed by atoms with Crippen LogP contribution in [-0.4, -0.2) is 36.8 Å². The molecule has 0 N–H and O–H groups in total. The van der Waals surface area contributed by atoms with Gasteiger partial charge in [0.25, 0.3) is 0 Å². The van der Waals surface area contributed by atoms with E-state index in [-0.39, 0.29) is 25.4 Å². The number of nitrogens with zero attached hydrogens (tertiary/aromatic N) is 1. The number of hydrogen-bond acceptors (Lipinski definition) is 4. The van der Waals surface area contributed by atoms with Gasteiger partial charge in [-0.05, 0) is 30.2 Å².